The first-order chi connectivity index (χ1) is 11.4. The fraction of sp³-hybridized carbons (Fsp3) is 0.375. The van der Waals surface area contributed by atoms with Gasteiger partial charge in [0.05, 0.1) is 5.56 Å². The van der Waals surface area contributed by atoms with E-state index in [2.05, 4.69) is 37.3 Å². The highest BCUT2D eigenvalue weighted by atomic mass is 35.7. The number of hydrogen-bond donors (Lipinski definition) is 0. The summed E-state index contributed by atoms with van der Waals surface area (Å²) >= 11 is 3.79. The molecule has 0 fully saturated rings. The smallest absolute Gasteiger partial charge is 0.222 e. The van der Waals surface area contributed by atoms with Crippen molar-refractivity contribution in [2.75, 3.05) is 5.75 Å². The van der Waals surface area contributed by atoms with Crippen molar-refractivity contribution in [3.8, 4) is 10.6 Å². The van der Waals surface area contributed by atoms with Crippen LogP contribution in [0.2, 0.25) is 0 Å². The van der Waals surface area contributed by atoms with Gasteiger partial charge in [-0.15, -0.1) is 22.0 Å². The van der Waals surface area contributed by atoms with Gasteiger partial charge in [0.2, 0.25) is 16.2 Å². The van der Waals surface area contributed by atoms with Crippen molar-refractivity contribution in [1.29, 1.82) is 0 Å². The van der Waals surface area contributed by atoms with Crippen LogP contribution in [0, 0.1) is 10.2 Å². The molecule has 0 saturated carbocycles. The van der Waals surface area contributed by atoms with E-state index >= 15 is 0 Å². The first-order valence-corrected chi connectivity index (χ1v) is 10.6. The molecule has 0 unspecified atom stereocenters. The Morgan fingerprint density at radius 1 is 1.08 bits per heavy atom. The van der Waals surface area contributed by atoms with Crippen LogP contribution in [-0.2, 0) is 12.8 Å². The van der Waals surface area contributed by atoms with E-state index in [-0.39, 0.29) is 0 Å². The summed E-state index contributed by atoms with van der Waals surface area (Å²) in [6, 6.07) is 10.6. The van der Waals surface area contributed by atoms with Gasteiger partial charge in [-0.1, -0.05) is 25.1 Å². The predicted molar refractivity (Wildman–Crippen MR) is 85.0 cm³/mol. The number of hydrogen-bond acceptors (Lipinski definition) is 6. The molecule has 0 atom stereocenters. The molecule has 2 aromatic rings. The average molecular weight is 388 g/mol. The van der Waals surface area contributed by atoms with E-state index in [1.54, 1.807) is 4.88 Å². The topological polar surface area (TPSA) is 105 Å². The fourth-order valence-electron chi connectivity index (χ4n) is 2.48. The summed E-state index contributed by atoms with van der Waals surface area (Å²) in [4.78, 5) is 6.49. The molecule has 24 heavy (non-hydrogen) atoms. The molecule has 0 bridgehead atoms. The zero-order valence-electron chi connectivity index (χ0n) is 13.2. The van der Waals surface area contributed by atoms with Crippen LogP contribution in [-0.4, -0.2) is 10.7 Å². The molecule has 0 spiro atoms. The van der Waals surface area contributed by atoms with Gasteiger partial charge in [0.25, 0.3) is 0 Å². The third-order valence-electron chi connectivity index (χ3n) is 3.40. The van der Waals surface area contributed by atoms with Gasteiger partial charge in [-0.25, -0.2) is 18.6 Å². The van der Waals surface area contributed by atoms with Crippen LogP contribution in [0.3, 0.4) is 0 Å². The van der Waals surface area contributed by atoms with Crippen LogP contribution in [0.15, 0.2) is 35.4 Å². The number of nitrogens with zero attached hydrogens (tertiary/aromatic N) is 1. The van der Waals surface area contributed by atoms with Crippen molar-refractivity contribution in [2.45, 2.75) is 37.6 Å². The van der Waals surface area contributed by atoms with Crippen LogP contribution < -0.4 is 18.6 Å². The molecule has 1 aromatic heterocycles. The lowest BCUT2D eigenvalue weighted by atomic mass is 10.00. The summed E-state index contributed by atoms with van der Waals surface area (Å²) in [5.41, 5.74) is 2.78. The lowest BCUT2D eigenvalue weighted by Gasteiger charge is -2.17. The first-order valence-electron chi connectivity index (χ1n) is 7.54. The Kier molecular flexibility index (Phi) is 7.36. The molecule has 1 heterocycles. The average Bonchev–Trinajstić information content (AvgIpc) is 2.54. The molecule has 130 valence electrons. The molecule has 1 aliphatic rings. The van der Waals surface area contributed by atoms with E-state index in [0.717, 1.165) is 5.75 Å². The van der Waals surface area contributed by atoms with E-state index < -0.39 is 10.2 Å². The van der Waals surface area contributed by atoms with Gasteiger partial charge in [-0.3, -0.25) is 0 Å². The molecule has 8 heteroatoms. The Balaban J connectivity index is 0.000000368. The number of aromatic nitrogens is 1. The van der Waals surface area contributed by atoms with Gasteiger partial charge in [-0.2, -0.15) is 4.98 Å². The molecule has 0 amide bonds. The number of halogens is 1. The predicted octanol–water partition coefficient (Wildman–Crippen LogP) is 0.326. The highest BCUT2D eigenvalue weighted by Crippen LogP contribution is 2.36. The molecule has 3 rings (SSSR count). The van der Waals surface area contributed by atoms with Gasteiger partial charge in [-0.05, 0) is 37.1 Å². The molecule has 0 saturated heterocycles. The third-order valence-corrected chi connectivity index (χ3v) is 5.52. The van der Waals surface area contributed by atoms with E-state index in [4.69, 9.17) is 23.6 Å². The van der Waals surface area contributed by atoms with Crippen molar-refractivity contribution in [1.82, 2.24) is 4.98 Å². The van der Waals surface area contributed by atoms with Crippen LogP contribution >= 0.6 is 23.1 Å². The zero-order valence-corrected chi connectivity index (χ0v) is 15.6. The zero-order chi connectivity index (χ0) is 17.6. The van der Waals surface area contributed by atoms with Crippen LogP contribution in [0.4, 0.5) is 0 Å². The SMILES string of the molecule is CCSc1nc(-c2ccccc2)[s+]c2c1CCCC2.[O-][Cl+3]([O-])([O-])[O-]. The third kappa shape index (κ3) is 6.25. The Bertz CT molecular complexity index is 659. The first kappa shape index (κ1) is 19.5. The van der Waals surface area contributed by atoms with Gasteiger partial charge < -0.3 is 0 Å². The Morgan fingerprint density at radius 3 is 2.33 bits per heavy atom. The second-order valence-electron chi connectivity index (χ2n) is 5.11. The number of fused-ring (bicyclic) bond motifs is 1. The standard InChI is InChI=1S/C16H18NS2.ClHO4/c1-2-18-16-13-10-6-7-11-14(13)19-15(17-16)12-8-4-3-5-9-12;2-1(3,4)5/h3-5,8-9H,2,6-7,10-11H2,1H3;(H,2,3,4,5)/q+1;/p-1. The van der Waals surface area contributed by atoms with Crippen LogP contribution in [0.1, 0.15) is 30.2 Å². The van der Waals surface area contributed by atoms with E-state index in [9.17, 15) is 0 Å². The Hall–Kier alpha value is -0.800. The minimum Gasteiger partial charge on any atom is -0.222 e. The van der Waals surface area contributed by atoms with Gasteiger partial charge >= 0.3 is 5.01 Å². The maximum absolute atomic E-state index is 8.49. The maximum atomic E-state index is 8.49. The van der Waals surface area contributed by atoms with Crippen LogP contribution in [0.25, 0.3) is 10.6 Å². The maximum Gasteiger partial charge on any atom is 0.331 e. The van der Waals surface area contributed by atoms with Gasteiger partial charge in [0.15, 0.2) is 0 Å². The highest BCUT2D eigenvalue weighted by Gasteiger charge is 2.27. The molecule has 5 nitrogen and oxygen atoms in total. The highest BCUT2D eigenvalue weighted by molar-refractivity contribution is 7.99. The number of benzene rings is 1. The summed E-state index contributed by atoms with van der Waals surface area (Å²) in [7, 11) is -4.94. The second-order valence-corrected chi connectivity index (χ2v) is 8.20. The molecule has 0 aliphatic heterocycles. The van der Waals surface area contributed by atoms with Crippen molar-refractivity contribution in [3.63, 3.8) is 0 Å². The molecule has 1 aliphatic carbocycles. The van der Waals surface area contributed by atoms with Gasteiger partial charge in [0, 0.05) is 12.0 Å². The van der Waals surface area contributed by atoms with E-state index in [0.29, 0.717) is 0 Å². The normalized spacial score (nSPS) is 13.7. The number of thioether (sulfide) groups is 1. The molecule has 1 aromatic carbocycles. The quantitative estimate of drug-likeness (QED) is 0.555. The minimum absolute atomic E-state index is 1.10. The minimum atomic E-state index is -4.94. The summed E-state index contributed by atoms with van der Waals surface area (Å²) in [6.07, 6.45) is 5.11. The van der Waals surface area contributed by atoms with E-state index in [1.165, 1.54) is 46.8 Å². The lowest BCUT2D eigenvalue weighted by molar-refractivity contribution is -2.00. The van der Waals surface area contributed by atoms with Gasteiger partial charge in [0.1, 0.15) is 5.03 Å². The second kappa shape index (κ2) is 9.05. The lowest BCUT2D eigenvalue weighted by Crippen LogP contribution is -2.68. The summed E-state index contributed by atoms with van der Waals surface area (Å²) < 4.78 is 34.0. The summed E-state index contributed by atoms with van der Waals surface area (Å²) in [5.74, 6) is 1.10. The Labute approximate surface area is 151 Å². The largest absolute Gasteiger partial charge is 0.331 e. The summed E-state index contributed by atoms with van der Waals surface area (Å²) in [5, 5.41) is 2.45. The van der Waals surface area contributed by atoms with E-state index in [1.807, 2.05) is 23.1 Å². The molecular formula is C16H18ClNO4S2. The monoisotopic (exact) mass is 387 g/mol. The number of aryl methyl sites for hydroxylation is 1. The molecule has 0 N–H and O–H groups in total. The van der Waals surface area contributed by atoms with Crippen molar-refractivity contribution in [3.05, 3.63) is 40.8 Å². The van der Waals surface area contributed by atoms with Crippen LogP contribution in [0.5, 0.6) is 0 Å². The Morgan fingerprint density at radius 2 is 1.71 bits per heavy atom. The number of rotatable bonds is 3. The fourth-order valence-corrected chi connectivity index (χ4v) is 4.62. The molecule has 0 radical (unpaired) electrons. The van der Waals surface area contributed by atoms with Crippen molar-refractivity contribution < 1.29 is 28.9 Å². The van der Waals surface area contributed by atoms with Crippen molar-refractivity contribution >= 4 is 23.1 Å². The van der Waals surface area contributed by atoms with Crippen molar-refractivity contribution in [2.24, 2.45) is 0 Å². The summed E-state index contributed by atoms with van der Waals surface area (Å²) in [6.45, 7) is 2.21. The molecular weight excluding hydrogens is 370 g/mol.